The Bertz CT molecular complexity index is 1490. The van der Waals surface area contributed by atoms with Crippen LogP contribution in [0.15, 0.2) is 39.5 Å². The van der Waals surface area contributed by atoms with Gasteiger partial charge in [0, 0.05) is 17.7 Å². The largest absolute Gasteiger partial charge is 0.507 e. The molecular weight excluding hydrogens is 552 g/mol. The number of fused-ring (bicyclic) bond motifs is 1. The van der Waals surface area contributed by atoms with Gasteiger partial charge in [-0.3, -0.25) is 4.79 Å². The van der Waals surface area contributed by atoms with Gasteiger partial charge in [-0.2, -0.15) is 0 Å². The van der Waals surface area contributed by atoms with Crippen LogP contribution in [0.25, 0.3) is 22.3 Å². The third-order valence-corrected chi connectivity index (χ3v) is 7.15. The van der Waals surface area contributed by atoms with Crippen LogP contribution in [0.2, 0.25) is 0 Å². The standard InChI is InChI=1S/C26H28O15/c27-6-16-20(35)21(36)25(41-26-22(37)19(34)14(33)7-38-26)24(40-16)18-12(31)4-11(30)17-13(32)5-15(39-23(17)18)8-1-2-9(28)10(29)3-8/h1-5,14,16,19-22,24-31,33-37H,6-7H2/t14-,16?,19+,20-,21+,22?,24+,25?,26+/m1/s1. The van der Waals surface area contributed by atoms with Gasteiger partial charge in [-0.05, 0) is 18.2 Å². The minimum absolute atomic E-state index is 0.111. The first-order chi connectivity index (χ1) is 19.4. The summed E-state index contributed by atoms with van der Waals surface area (Å²) in [6.45, 7) is -1.28. The predicted molar refractivity (Wildman–Crippen MR) is 134 cm³/mol. The van der Waals surface area contributed by atoms with Gasteiger partial charge >= 0.3 is 0 Å². The monoisotopic (exact) mass is 580 g/mol. The Kier molecular flexibility index (Phi) is 7.82. The number of hydrogen-bond donors (Lipinski definition) is 10. The number of aromatic hydroxyl groups is 4. The zero-order valence-electron chi connectivity index (χ0n) is 21.0. The van der Waals surface area contributed by atoms with Crippen LogP contribution in [0.4, 0.5) is 0 Å². The molecule has 10 N–H and O–H groups in total. The molecule has 0 spiro atoms. The molecule has 0 aliphatic carbocycles. The van der Waals surface area contributed by atoms with Gasteiger partial charge in [-0.25, -0.2) is 0 Å². The fourth-order valence-electron chi connectivity index (χ4n) is 4.94. The maximum absolute atomic E-state index is 13.1. The van der Waals surface area contributed by atoms with Crippen molar-refractivity contribution in [2.45, 2.75) is 55.1 Å². The molecule has 0 bridgehead atoms. The molecule has 3 heterocycles. The molecule has 41 heavy (non-hydrogen) atoms. The summed E-state index contributed by atoms with van der Waals surface area (Å²) in [4.78, 5) is 13.1. The molecule has 2 aromatic carbocycles. The normalized spacial score (nSPS) is 32.3. The highest BCUT2D eigenvalue weighted by Crippen LogP contribution is 2.45. The third-order valence-electron chi connectivity index (χ3n) is 7.15. The quantitative estimate of drug-likeness (QED) is 0.150. The zero-order chi connectivity index (χ0) is 29.7. The van der Waals surface area contributed by atoms with Crippen molar-refractivity contribution in [3.8, 4) is 34.3 Å². The van der Waals surface area contributed by atoms with Crippen LogP contribution in [-0.2, 0) is 14.2 Å². The van der Waals surface area contributed by atoms with E-state index in [1.54, 1.807) is 0 Å². The first-order valence-electron chi connectivity index (χ1n) is 12.4. The van der Waals surface area contributed by atoms with Crippen molar-refractivity contribution < 1.29 is 69.7 Å². The average molecular weight is 580 g/mol. The number of ether oxygens (including phenoxy) is 3. The van der Waals surface area contributed by atoms with Gasteiger partial charge in [-0.15, -0.1) is 0 Å². The van der Waals surface area contributed by atoms with E-state index in [2.05, 4.69) is 0 Å². The van der Waals surface area contributed by atoms with Crippen molar-refractivity contribution in [1.82, 2.24) is 0 Å². The van der Waals surface area contributed by atoms with Crippen LogP contribution < -0.4 is 5.43 Å². The average Bonchev–Trinajstić information content (AvgIpc) is 2.93. The second-order valence-electron chi connectivity index (χ2n) is 9.82. The first kappa shape index (κ1) is 29.0. The first-order valence-corrected chi connectivity index (χ1v) is 12.4. The predicted octanol–water partition coefficient (Wildman–Crippen LogP) is -1.74. The van der Waals surface area contributed by atoms with Gasteiger partial charge in [0.25, 0.3) is 0 Å². The number of aliphatic hydroxyl groups excluding tert-OH is 6. The number of benzene rings is 2. The highest BCUT2D eigenvalue weighted by atomic mass is 16.7. The molecule has 15 nitrogen and oxygen atoms in total. The summed E-state index contributed by atoms with van der Waals surface area (Å²) in [5.41, 5.74) is -1.53. The molecule has 15 heteroatoms. The molecular formula is C26H28O15. The second-order valence-corrected chi connectivity index (χ2v) is 9.82. The van der Waals surface area contributed by atoms with E-state index >= 15 is 0 Å². The van der Waals surface area contributed by atoms with Crippen LogP contribution in [0, 0.1) is 0 Å². The second kappa shape index (κ2) is 11.1. The zero-order valence-corrected chi connectivity index (χ0v) is 21.0. The van der Waals surface area contributed by atoms with E-state index in [4.69, 9.17) is 18.6 Å². The maximum Gasteiger partial charge on any atom is 0.197 e. The molecule has 9 atom stereocenters. The van der Waals surface area contributed by atoms with E-state index in [0.717, 1.165) is 24.3 Å². The van der Waals surface area contributed by atoms with Gasteiger partial charge in [0.2, 0.25) is 0 Å². The van der Waals surface area contributed by atoms with Gasteiger partial charge < -0.3 is 69.7 Å². The fraction of sp³-hybridized carbons (Fsp3) is 0.423. The molecule has 2 fully saturated rings. The lowest BCUT2D eigenvalue weighted by molar-refractivity contribution is -0.325. The minimum atomic E-state index is -1.88. The molecule has 3 aromatic rings. The summed E-state index contributed by atoms with van der Waals surface area (Å²) in [5, 5.41) is 102. The molecule has 1 aromatic heterocycles. The molecule has 2 aliphatic rings. The summed E-state index contributed by atoms with van der Waals surface area (Å²) in [6, 6.07) is 5.33. The Hall–Kier alpha value is -3.51. The van der Waals surface area contributed by atoms with Crippen molar-refractivity contribution >= 4 is 11.0 Å². The van der Waals surface area contributed by atoms with E-state index in [9.17, 15) is 55.9 Å². The van der Waals surface area contributed by atoms with Gasteiger partial charge in [-0.1, -0.05) is 0 Å². The van der Waals surface area contributed by atoms with Crippen LogP contribution >= 0.6 is 0 Å². The van der Waals surface area contributed by atoms with Crippen molar-refractivity contribution in [3.63, 3.8) is 0 Å². The van der Waals surface area contributed by atoms with Crippen LogP contribution in [-0.4, -0.2) is 113 Å². The number of phenolic OH excluding ortho intramolecular Hbond substituents is 4. The van der Waals surface area contributed by atoms with E-state index in [-0.39, 0.29) is 16.9 Å². The summed E-state index contributed by atoms with van der Waals surface area (Å²) in [5.74, 6) is -2.57. The van der Waals surface area contributed by atoms with Gasteiger partial charge in [0.1, 0.15) is 71.5 Å². The lowest BCUT2D eigenvalue weighted by atomic mass is 9.89. The summed E-state index contributed by atoms with van der Waals surface area (Å²) in [6.07, 6.45) is -15.1. The Labute approximate surface area is 229 Å². The highest BCUT2D eigenvalue weighted by Gasteiger charge is 2.50. The number of phenols is 4. The minimum Gasteiger partial charge on any atom is -0.507 e. The molecule has 2 saturated heterocycles. The summed E-state index contributed by atoms with van der Waals surface area (Å²) >= 11 is 0. The number of rotatable bonds is 5. The molecule has 0 amide bonds. The lowest BCUT2D eigenvalue weighted by Gasteiger charge is -2.45. The van der Waals surface area contributed by atoms with E-state index < -0.39 is 108 Å². The lowest BCUT2D eigenvalue weighted by Crippen LogP contribution is -2.60. The third kappa shape index (κ3) is 5.07. The number of aliphatic hydroxyl groups is 6. The van der Waals surface area contributed by atoms with Crippen LogP contribution in [0.5, 0.6) is 23.0 Å². The SMILES string of the molecule is O=c1cc(-c2ccc(O)c(O)c2)oc2c([C@@H]3OC(CO)[C@@H](O)[C@H](O)C3O[C@@H]3OC[C@@H](O)[C@H](O)C3O)c(O)cc(O)c12. The Morgan fingerprint density at radius 3 is 2.24 bits per heavy atom. The van der Waals surface area contributed by atoms with Gasteiger partial charge in [0.15, 0.2) is 28.8 Å². The molecule has 0 radical (unpaired) electrons. The smallest absolute Gasteiger partial charge is 0.197 e. The van der Waals surface area contributed by atoms with E-state index in [1.807, 2.05) is 0 Å². The number of hydrogen-bond acceptors (Lipinski definition) is 15. The van der Waals surface area contributed by atoms with Crippen LogP contribution in [0.1, 0.15) is 11.7 Å². The van der Waals surface area contributed by atoms with E-state index in [0.29, 0.717) is 0 Å². The Morgan fingerprint density at radius 2 is 1.56 bits per heavy atom. The molecule has 222 valence electrons. The van der Waals surface area contributed by atoms with Crippen molar-refractivity contribution in [2.24, 2.45) is 0 Å². The molecule has 0 saturated carbocycles. The topological polar surface area (TPSA) is 260 Å². The Balaban J connectivity index is 1.67. The maximum atomic E-state index is 13.1. The fourth-order valence-corrected chi connectivity index (χ4v) is 4.94. The highest BCUT2D eigenvalue weighted by molar-refractivity contribution is 5.89. The molecule has 3 unspecified atom stereocenters. The van der Waals surface area contributed by atoms with Crippen LogP contribution in [0.3, 0.4) is 0 Å². The van der Waals surface area contributed by atoms with E-state index in [1.165, 1.54) is 6.07 Å². The Morgan fingerprint density at radius 1 is 0.829 bits per heavy atom. The van der Waals surface area contributed by atoms with Gasteiger partial charge in [0.05, 0.1) is 18.8 Å². The summed E-state index contributed by atoms with van der Waals surface area (Å²) < 4.78 is 22.6. The van der Waals surface area contributed by atoms with Crippen molar-refractivity contribution in [3.05, 3.63) is 46.1 Å². The van der Waals surface area contributed by atoms with Crippen molar-refractivity contribution in [2.75, 3.05) is 13.2 Å². The molecule has 5 rings (SSSR count). The van der Waals surface area contributed by atoms with Crippen molar-refractivity contribution in [1.29, 1.82) is 0 Å². The summed E-state index contributed by atoms with van der Waals surface area (Å²) in [7, 11) is 0. The molecule has 2 aliphatic heterocycles.